The van der Waals surface area contributed by atoms with Crippen LogP contribution in [0.5, 0.6) is 0 Å². The van der Waals surface area contributed by atoms with Crippen molar-refractivity contribution in [2.24, 2.45) is 0 Å². The normalized spacial score (nSPS) is 11.1. The number of fused-ring (bicyclic) bond motifs is 1. The lowest BCUT2D eigenvalue weighted by molar-refractivity contribution is 0.102. The Bertz CT molecular complexity index is 935. The molecule has 2 N–H and O–H groups in total. The van der Waals surface area contributed by atoms with Gasteiger partial charge in [0.05, 0.1) is 12.1 Å². The number of benzene rings is 1. The van der Waals surface area contributed by atoms with Crippen LogP contribution in [-0.2, 0) is 0 Å². The summed E-state index contributed by atoms with van der Waals surface area (Å²) in [6.45, 7) is 5.89. The van der Waals surface area contributed by atoms with Gasteiger partial charge in [-0.15, -0.1) is 0 Å². The SMILES string of the molecule is Cc1cc(C)c(C(=O)CSc2nc3nc[nH]c3c(=O)[nH]2)c(C)c1. The number of aromatic nitrogens is 4. The number of aryl methyl sites for hydroxylation is 3. The molecule has 23 heavy (non-hydrogen) atoms. The number of hydrogen-bond donors (Lipinski definition) is 2. The van der Waals surface area contributed by atoms with E-state index >= 15 is 0 Å². The molecule has 2 heterocycles. The van der Waals surface area contributed by atoms with E-state index in [1.165, 1.54) is 18.1 Å². The molecule has 0 saturated heterocycles. The summed E-state index contributed by atoms with van der Waals surface area (Å²) >= 11 is 1.21. The summed E-state index contributed by atoms with van der Waals surface area (Å²) in [6.07, 6.45) is 1.42. The molecular weight excluding hydrogens is 312 g/mol. The number of aromatic amines is 2. The number of H-pyrrole nitrogens is 2. The lowest BCUT2D eigenvalue weighted by Crippen LogP contribution is -2.11. The summed E-state index contributed by atoms with van der Waals surface area (Å²) in [7, 11) is 0. The Morgan fingerprint density at radius 1 is 1.22 bits per heavy atom. The number of carbonyl (C=O) groups excluding carboxylic acids is 1. The molecule has 0 aliphatic heterocycles. The second-order valence-electron chi connectivity index (χ2n) is 5.46. The second kappa shape index (κ2) is 6.00. The molecule has 0 aliphatic carbocycles. The predicted molar refractivity (Wildman–Crippen MR) is 90.2 cm³/mol. The van der Waals surface area contributed by atoms with E-state index in [0.29, 0.717) is 16.3 Å². The van der Waals surface area contributed by atoms with Crippen molar-refractivity contribution >= 4 is 28.7 Å². The number of nitrogens with one attached hydrogen (secondary N) is 2. The minimum atomic E-state index is -0.287. The third-order valence-corrected chi connectivity index (χ3v) is 4.44. The van der Waals surface area contributed by atoms with E-state index in [-0.39, 0.29) is 17.1 Å². The van der Waals surface area contributed by atoms with Crippen molar-refractivity contribution in [3.8, 4) is 0 Å². The lowest BCUT2D eigenvalue weighted by atomic mass is 9.97. The van der Waals surface area contributed by atoms with Crippen LogP contribution < -0.4 is 5.56 Å². The van der Waals surface area contributed by atoms with Crippen molar-refractivity contribution in [1.29, 1.82) is 0 Å². The van der Waals surface area contributed by atoms with Gasteiger partial charge in [0.2, 0.25) is 0 Å². The molecule has 0 spiro atoms. The third kappa shape index (κ3) is 3.05. The highest BCUT2D eigenvalue weighted by Crippen LogP contribution is 2.21. The van der Waals surface area contributed by atoms with Gasteiger partial charge in [-0.05, 0) is 31.9 Å². The van der Waals surface area contributed by atoms with Gasteiger partial charge in [-0.25, -0.2) is 9.97 Å². The summed E-state index contributed by atoms with van der Waals surface area (Å²) in [4.78, 5) is 38.0. The quantitative estimate of drug-likeness (QED) is 0.436. The number of carbonyl (C=O) groups is 1. The highest BCUT2D eigenvalue weighted by Gasteiger charge is 2.14. The van der Waals surface area contributed by atoms with Crippen molar-refractivity contribution < 1.29 is 4.79 Å². The molecule has 3 rings (SSSR count). The molecule has 0 saturated carbocycles. The van der Waals surface area contributed by atoms with Gasteiger partial charge in [0.25, 0.3) is 5.56 Å². The maximum absolute atomic E-state index is 12.5. The zero-order chi connectivity index (χ0) is 16.6. The van der Waals surface area contributed by atoms with Gasteiger partial charge in [0.15, 0.2) is 22.1 Å². The van der Waals surface area contributed by atoms with Crippen LogP contribution in [0, 0.1) is 20.8 Å². The Kier molecular flexibility index (Phi) is 4.04. The molecule has 0 aliphatic rings. The number of imidazole rings is 1. The fraction of sp³-hybridized carbons (Fsp3) is 0.250. The Balaban J connectivity index is 1.82. The van der Waals surface area contributed by atoms with Gasteiger partial charge in [0, 0.05) is 5.56 Å². The molecule has 0 bridgehead atoms. The predicted octanol–water partition coefficient (Wildman–Crippen LogP) is 2.55. The molecule has 0 fully saturated rings. The number of rotatable bonds is 4. The average molecular weight is 328 g/mol. The largest absolute Gasteiger partial charge is 0.339 e. The first kappa shape index (κ1) is 15.5. The van der Waals surface area contributed by atoms with Gasteiger partial charge in [-0.2, -0.15) is 0 Å². The maximum atomic E-state index is 12.5. The Labute approximate surface area is 136 Å². The van der Waals surface area contributed by atoms with E-state index < -0.39 is 0 Å². The van der Waals surface area contributed by atoms with Crippen molar-refractivity contribution in [3.05, 3.63) is 51.1 Å². The van der Waals surface area contributed by atoms with Crippen LogP contribution in [-0.4, -0.2) is 31.5 Å². The van der Waals surface area contributed by atoms with Gasteiger partial charge in [-0.3, -0.25) is 14.6 Å². The first-order valence-corrected chi connectivity index (χ1v) is 8.11. The second-order valence-corrected chi connectivity index (χ2v) is 6.42. The molecule has 0 amide bonds. The molecule has 7 heteroatoms. The molecule has 0 unspecified atom stereocenters. The van der Waals surface area contributed by atoms with Crippen LogP contribution >= 0.6 is 11.8 Å². The average Bonchev–Trinajstić information content (AvgIpc) is 2.93. The van der Waals surface area contributed by atoms with Gasteiger partial charge < -0.3 is 4.98 Å². The first-order valence-electron chi connectivity index (χ1n) is 7.13. The van der Waals surface area contributed by atoms with Crippen molar-refractivity contribution in [3.63, 3.8) is 0 Å². The molecular formula is C16H16N4O2S. The Hall–Kier alpha value is -2.41. The maximum Gasteiger partial charge on any atom is 0.277 e. The number of Topliss-reactive ketones (excluding diaryl/α,β-unsaturated/α-hetero) is 1. The monoisotopic (exact) mass is 328 g/mol. The summed E-state index contributed by atoms with van der Waals surface area (Å²) in [5, 5.41) is 0.394. The summed E-state index contributed by atoms with van der Waals surface area (Å²) in [6, 6.07) is 4.00. The number of nitrogens with zero attached hydrogens (tertiary/aromatic N) is 2. The third-order valence-electron chi connectivity index (χ3n) is 3.57. The van der Waals surface area contributed by atoms with E-state index in [9.17, 15) is 9.59 Å². The van der Waals surface area contributed by atoms with Crippen LogP contribution in [0.3, 0.4) is 0 Å². The minimum Gasteiger partial charge on any atom is -0.339 e. The number of thioether (sulfide) groups is 1. The first-order chi connectivity index (χ1) is 11.0. The molecule has 1 aromatic carbocycles. The Morgan fingerprint density at radius 2 is 1.91 bits per heavy atom. The van der Waals surface area contributed by atoms with Crippen LogP contribution in [0.25, 0.3) is 11.2 Å². The topological polar surface area (TPSA) is 91.5 Å². The number of hydrogen-bond acceptors (Lipinski definition) is 5. The van der Waals surface area contributed by atoms with Gasteiger partial charge in [-0.1, -0.05) is 29.5 Å². The summed E-state index contributed by atoms with van der Waals surface area (Å²) < 4.78 is 0. The fourth-order valence-electron chi connectivity index (χ4n) is 2.72. The van der Waals surface area contributed by atoms with Crippen molar-refractivity contribution in [1.82, 2.24) is 19.9 Å². The molecule has 0 radical (unpaired) electrons. The van der Waals surface area contributed by atoms with Crippen LogP contribution in [0.2, 0.25) is 0 Å². The van der Waals surface area contributed by atoms with Gasteiger partial charge >= 0.3 is 0 Å². The lowest BCUT2D eigenvalue weighted by Gasteiger charge is -2.10. The van der Waals surface area contributed by atoms with E-state index in [0.717, 1.165) is 22.3 Å². The summed E-state index contributed by atoms with van der Waals surface area (Å²) in [5.74, 6) is 0.235. The molecule has 0 atom stereocenters. The van der Waals surface area contributed by atoms with Crippen LogP contribution in [0.15, 0.2) is 28.4 Å². The molecule has 118 valence electrons. The standard InChI is InChI=1S/C16H16N4O2S/c1-8-4-9(2)12(10(3)5-8)11(21)6-23-16-19-14-13(15(22)20-16)17-7-18-14/h4-5,7H,6H2,1-3H3,(H2,17,18,19,20,22). The summed E-state index contributed by atoms with van der Waals surface area (Å²) in [5.41, 5.74) is 4.22. The Morgan fingerprint density at radius 3 is 2.61 bits per heavy atom. The molecule has 2 aromatic heterocycles. The van der Waals surface area contributed by atoms with E-state index in [1.54, 1.807) is 0 Å². The highest BCUT2D eigenvalue weighted by atomic mass is 32.2. The van der Waals surface area contributed by atoms with Crippen molar-refractivity contribution in [2.75, 3.05) is 5.75 Å². The zero-order valence-corrected chi connectivity index (χ0v) is 13.9. The number of ketones is 1. The van der Waals surface area contributed by atoms with E-state index in [4.69, 9.17) is 0 Å². The molecule has 6 nitrogen and oxygen atoms in total. The minimum absolute atomic E-state index is 0.0229. The highest BCUT2D eigenvalue weighted by molar-refractivity contribution is 7.99. The fourth-order valence-corrected chi connectivity index (χ4v) is 3.45. The van der Waals surface area contributed by atoms with Crippen LogP contribution in [0.1, 0.15) is 27.0 Å². The van der Waals surface area contributed by atoms with Gasteiger partial charge in [0.1, 0.15) is 0 Å². The molecule has 3 aromatic rings. The van der Waals surface area contributed by atoms with E-state index in [1.807, 2.05) is 32.9 Å². The van der Waals surface area contributed by atoms with E-state index in [2.05, 4.69) is 19.9 Å². The van der Waals surface area contributed by atoms with Crippen LogP contribution in [0.4, 0.5) is 0 Å². The smallest absolute Gasteiger partial charge is 0.277 e. The van der Waals surface area contributed by atoms with Crippen molar-refractivity contribution in [2.45, 2.75) is 25.9 Å². The zero-order valence-electron chi connectivity index (χ0n) is 13.1.